The normalized spacial score (nSPS) is 22.5. The molecule has 2 fully saturated rings. The van der Waals surface area contributed by atoms with Gasteiger partial charge in [0.1, 0.15) is 0 Å². The molecule has 6 nitrogen and oxygen atoms in total. The summed E-state index contributed by atoms with van der Waals surface area (Å²) in [5.74, 6) is 0.364. The summed E-state index contributed by atoms with van der Waals surface area (Å²) in [6.07, 6.45) is 4.97. The highest BCUT2D eigenvalue weighted by Gasteiger charge is 2.27. The average molecular weight is 268 g/mol. The summed E-state index contributed by atoms with van der Waals surface area (Å²) in [4.78, 5) is 24.7. The Morgan fingerprint density at radius 3 is 2.58 bits per heavy atom. The molecule has 1 aliphatic heterocycles. The second kappa shape index (κ2) is 6.86. The lowest BCUT2D eigenvalue weighted by molar-refractivity contribution is -0.128. The number of nitrogens with one attached hydrogen (secondary N) is 3. The molecule has 6 heteroatoms. The summed E-state index contributed by atoms with van der Waals surface area (Å²) in [6.45, 7) is 4.73. The third kappa shape index (κ3) is 5.57. The van der Waals surface area contributed by atoms with E-state index in [2.05, 4.69) is 21.1 Å². The number of hydrogen-bond acceptors (Lipinski definition) is 4. The Morgan fingerprint density at radius 2 is 2.00 bits per heavy atom. The Labute approximate surface area is 114 Å². The number of rotatable bonds is 6. The Bertz CT molecular complexity index is 325. The van der Waals surface area contributed by atoms with Gasteiger partial charge in [0.2, 0.25) is 5.91 Å². The smallest absolute Gasteiger partial charge is 0.252 e. The van der Waals surface area contributed by atoms with Gasteiger partial charge in [-0.1, -0.05) is 0 Å². The summed E-state index contributed by atoms with van der Waals surface area (Å²) in [6, 6.07) is 0.507. The first kappa shape index (κ1) is 14.3. The summed E-state index contributed by atoms with van der Waals surface area (Å²) in [7, 11) is 0. The minimum atomic E-state index is -0.250. The number of hydrazine groups is 1. The van der Waals surface area contributed by atoms with Gasteiger partial charge in [0.15, 0.2) is 0 Å². The van der Waals surface area contributed by atoms with Crippen LogP contribution in [0.1, 0.15) is 32.6 Å². The number of hydrogen-bond donors (Lipinski definition) is 3. The van der Waals surface area contributed by atoms with Gasteiger partial charge in [-0.3, -0.25) is 25.3 Å². The van der Waals surface area contributed by atoms with E-state index in [0.717, 1.165) is 25.6 Å². The number of amides is 2. The average Bonchev–Trinajstić information content (AvgIpc) is 3.01. The van der Waals surface area contributed by atoms with Gasteiger partial charge in [0.25, 0.3) is 5.91 Å². The van der Waals surface area contributed by atoms with E-state index in [1.165, 1.54) is 32.6 Å². The highest BCUT2D eigenvalue weighted by molar-refractivity contribution is 5.81. The van der Waals surface area contributed by atoms with Crippen LogP contribution in [0.25, 0.3) is 0 Å². The Kier molecular flexibility index (Phi) is 5.15. The molecule has 2 amide bonds. The van der Waals surface area contributed by atoms with Crippen molar-refractivity contribution in [1.29, 1.82) is 0 Å². The van der Waals surface area contributed by atoms with E-state index in [4.69, 9.17) is 0 Å². The maximum Gasteiger partial charge on any atom is 0.252 e. The first-order valence-electron chi connectivity index (χ1n) is 7.14. The molecule has 0 radical (unpaired) electrons. The van der Waals surface area contributed by atoms with Crippen LogP contribution < -0.4 is 16.2 Å². The molecular formula is C13H24N4O2. The summed E-state index contributed by atoms with van der Waals surface area (Å²) in [5, 5.41) is 3.46. The Morgan fingerprint density at radius 1 is 1.21 bits per heavy atom. The Balaban J connectivity index is 1.74. The minimum absolute atomic E-state index is 0.145. The van der Waals surface area contributed by atoms with Crippen molar-refractivity contribution in [3.05, 3.63) is 0 Å². The summed E-state index contributed by atoms with van der Waals surface area (Å²) < 4.78 is 0. The van der Waals surface area contributed by atoms with Gasteiger partial charge in [-0.15, -0.1) is 0 Å². The standard InChI is InChI=1S/C13H24N4O2/c1-10(18)15-16-13(19)9-17(7-11-4-5-11)8-12-3-2-6-14-12/h11-12,14H,2-9H2,1H3,(H,15,18)(H,16,19). The van der Waals surface area contributed by atoms with E-state index in [0.29, 0.717) is 12.6 Å². The zero-order chi connectivity index (χ0) is 13.7. The molecule has 0 bridgehead atoms. The first-order valence-corrected chi connectivity index (χ1v) is 7.14. The molecule has 0 spiro atoms. The third-order valence-electron chi connectivity index (χ3n) is 3.60. The van der Waals surface area contributed by atoms with Gasteiger partial charge < -0.3 is 5.32 Å². The number of carbonyl (C=O) groups is 2. The minimum Gasteiger partial charge on any atom is -0.313 e. The van der Waals surface area contributed by atoms with Crippen molar-refractivity contribution in [2.45, 2.75) is 38.6 Å². The molecule has 1 atom stereocenters. The molecule has 1 saturated carbocycles. The molecule has 0 aromatic heterocycles. The van der Waals surface area contributed by atoms with Crippen molar-refractivity contribution < 1.29 is 9.59 Å². The largest absolute Gasteiger partial charge is 0.313 e. The van der Waals surface area contributed by atoms with Crippen LogP contribution in [-0.2, 0) is 9.59 Å². The lowest BCUT2D eigenvalue weighted by Crippen LogP contribution is -2.48. The zero-order valence-electron chi connectivity index (χ0n) is 11.6. The second-order valence-corrected chi connectivity index (χ2v) is 5.66. The molecule has 1 heterocycles. The van der Waals surface area contributed by atoms with Crippen LogP contribution in [0.5, 0.6) is 0 Å². The van der Waals surface area contributed by atoms with Crippen LogP contribution in [0.2, 0.25) is 0 Å². The highest BCUT2D eigenvalue weighted by Crippen LogP contribution is 2.29. The van der Waals surface area contributed by atoms with Crippen LogP contribution in [0.4, 0.5) is 0 Å². The van der Waals surface area contributed by atoms with Gasteiger partial charge in [-0.25, -0.2) is 0 Å². The quantitative estimate of drug-likeness (QED) is 0.574. The van der Waals surface area contributed by atoms with Crippen LogP contribution >= 0.6 is 0 Å². The van der Waals surface area contributed by atoms with E-state index in [1.54, 1.807) is 0 Å². The number of nitrogens with zero attached hydrogens (tertiary/aromatic N) is 1. The fourth-order valence-electron chi connectivity index (χ4n) is 2.49. The van der Waals surface area contributed by atoms with Crippen molar-refractivity contribution in [2.24, 2.45) is 5.92 Å². The maximum atomic E-state index is 11.7. The van der Waals surface area contributed by atoms with Gasteiger partial charge >= 0.3 is 0 Å². The van der Waals surface area contributed by atoms with E-state index < -0.39 is 0 Å². The molecule has 2 rings (SSSR count). The van der Waals surface area contributed by atoms with E-state index in [1.807, 2.05) is 0 Å². The first-order chi connectivity index (χ1) is 9.13. The van der Waals surface area contributed by atoms with E-state index in [9.17, 15) is 9.59 Å². The van der Waals surface area contributed by atoms with Crippen molar-refractivity contribution in [1.82, 2.24) is 21.1 Å². The van der Waals surface area contributed by atoms with E-state index in [-0.39, 0.29) is 11.8 Å². The van der Waals surface area contributed by atoms with E-state index >= 15 is 0 Å². The maximum absolute atomic E-state index is 11.7. The molecule has 1 unspecified atom stereocenters. The molecule has 0 aromatic rings. The number of carbonyl (C=O) groups excluding carboxylic acids is 2. The molecule has 1 saturated heterocycles. The van der Waals surface area contributed by atoms with Crippen LogP contribution in [-0.4, -0.2) is 48.9 Å². The predicted octanol–water partition coefficient (Wildman–Crippen LogP) is -0.382. The molecule has 3 N–H and O–H groups in total. The van der Waals surface area contributed by atoms with Gasteiger partial charge in [0, 0.05) is 26.1 Å². The molecule has 19 heavy (non-hydrogen) atoms. The monoisotopic (exact) mass is 268 g/mol. The molecule has 0 aromatic carbocycles. The SMILES string of the molecule is CC(=O)NNC(=O)CN(CC1CC1)CC1CCCN1. The zero-order valence-corrected chi connectivity index (χ0v) is 11.6. The Hall–Kier alpha value is -1.14. The fourth-order valence-corrected chi connectivity index (χ4v) is 2.49. The van der Waals surface area contributed by atoms with Crippen LogP contribution in [0.3, 0.4) is 0 Å². The van der Waals surface area contributed by atoms with Crippen LogP contribution in [0, 0.1) is 5.92 Å². The molecular weight excluding hydrogens is 244 g/mol. The lowest BCUT2D eigenvalue weighted by atomic mass is 10.2. The second-order valence-electron chi connectivity index (χ2n) is 5.66. The highest BCUT2D eigenvalue weighted by atomic mass is 16.2. The van der Waals surface area contributed by atoms with Gasteiger partial charge in [-0.05, 0) is 38.1 Å². The van der Waals surface area contributed by atoms with Crippen molar-refractivity contribution in [3.8, 4) is 0 Å². The summed E-state index contributed by atoms with van der Waals surface area (Å²) in [5.41, 5.74) is 4.76. The topological polar surface area (TPSA) is 73.5 Å². The van der Waals surface area contributed by atoms with Crippen molar-refractivity contribution in [2.75, 3.05) is 26.2 Å². The van der Waals surface area contributed by atoms with Crippen molar-refractivity contribution >= 4 is 11.8 Å². The molecule has 1 aliphatic carbocycles. The summed E-state index contributed by atoms with van der Waals surface area (Å²) >= 11 is 0. The van der Waals surface area contributed by atoms with Crippen LogP contribution in [0.15, 0.2) is 0 Å². The predicted molar refractivity (Wildman–Crippen MR) is 72.1 cm³/mol. The van der Waals surface area contributed by atoms with Gasteiger partial charge in [-0.2, -0.15) is 0 Å². The third-order valence-corrected chi connectivity index (χ3v) is 3.60. The van der Waals surface area contributed by atoms with Gasteiger partial charge in [0.05, 0.1) is 6.54 Å². The fraction of sp³-hybridized carbons (Fsp3) is 0.846. The van der Waals surface area contributed by atoms with Crippen molar-refractivity contribution in [3.63, 3.8) is 0 Å². The molecule has 108 valence electrons. The lowest BCUT2D eigenvalue weighted by Gasteiger charge is -2.25. The molecule has 2 aliphatic rings.